The summed E-state index contributed by atoms with van der Waals surface area (Å²) in [6, 6.07) is 4.97. The Morgan fingerprint density at radius 1 is 1.47 bits per heavy atom. The summed E-state index contributed by atoms with van der Waals surface area (Å²) in [5.41, 5.74) is 1.34. The highest BCUT2D eigenvalue weighted by atomic mass is 32.2. The van der Waals surface area contributed by atoms with Gasteiger partial charge in [0.15, 0.2) is 0 Å². The summed E-state index contributed by atoms with van der Waals surface area (Å²) in [6.07, 6.45) is 4.56. The van der Waals surface area contributed by atoms with Gasteiger partial charge in [0, 0.05) is 31.1 Å². The van der Waals surface area contributed by atoms with Crippen LogP contribution in [0.25, 0.3) is 0 Å². The summed E-state index contributed by atoms with van der Waals surface area (Å²) in [5.74, 6) is 1.10. The molecule has 1 aliphatic rings. The van der Waals surface area contributed by atoms with Crippen LogP contribution in [0.15, 0.2) is 23.4 Å². The van der Waals surface area contributed by atoms with E-state index >= 15 is 0 Å². The molecule has 1 heterocycles. The lowest BCUT2D eigenvalue weighted by Gasteiger charge is -2.11. The molecular formula is C13H21N3S. The maximum Gasteiger partial charge on any atom is 0.100 e. The summed E-state index contributed by atoms with van der Waals surface area (Å²) in [7, 11) is 4.21. The zero-order valence-electron chi connectivity index (χ0n) is 10.6. The smallest absolute Gasteiger partial charge is 0.100 e. The number of hydrogen-bond acceptors (Lipinski definition) is 4. The molecule has 94 valence electrons. The Morgan fingerprint density at radius 2 is 2.29 bits per heavy atom. The minimum Gasteiger partial charge on any atom is -0.310 e. The number of thioether (sulfide) groups is 1. The van der Waals surface area contributed by atoms with Gasteiger partial charge in [0.25, 0.3) is 0 Å². The molecule has 0 saturated heterocycles. The number of nitrogens with zero attached hydrogens (tertiary/aromatic N) is 2. The van der Waals surface area contributed by atoms with E-state index in [2.05, 4.69) is 35.4 Å². The van der Waals surface area contributed by atoms with Gasteiger partial charge in [0.05, 0.1) is 0 Å². The maximum atomic E-state index is 4.48. The Balaban J connectivity index is 1.85. The first-order chi connectivity index (χ1) is 8.25. The average molecular weight is 251 g/mol. The molecule has 0 bridgehead atoms. The lowest BCUT2D eigenvalue weighted by molar-refractivity contribution is 0.437. The van der Waals surface area contributed by atoms with Crippen molar-refractivity contribution in [2.75, 3.05) is 26.4 Å². The van der Waals surface area contributed by atoms with Crippen molar-refractivity contribution in [2.24, 2.45) is 0 Å². The topological polar surface area (TPSA) is 28.2 Å². The van der Waals surface area contributed by atoms with Crippen molar-refractivity contribution >= 4 is 11.8 Å². The predicted octanol–water partition coefficient (Wildman–Crippen LogP) is 1.99. The molecule has 0 aromatic carbocycles. The van der Waals surface area contributed by atoms with Crippen LogP contribution in [-0.2, 0) is 6.54 Å². The average Bonchev–Trinajstić information content (AvgIpc) is 3.11. The van der Waals surface area contributed by atoms with E-state index in [1.165, 1.54) is 23.4 Å². The number of rotatable bonds is 7. The van der Waals surface area contributed by atoms with E-state index in [9.17, 15) is 0 Å². The minimum absolute atomic E-state index is 0.759. The van der Waals surface area contributed by atoms with E-state index in [1.54, 1.807) is 0 Å². The lowest BCUT2D eigenvalue weighted by Crippen LogP contribution is -2.17. The van der Waals surface area contributed by atoms with Gasteiger partial charge in [-0.25, -0.2) is 4.98 Å². The van der Waals surface area contributed by atoms with Crippen molar-refractivity contribution in [3.8, 4) is 0 Å². The lowest BCUT2D eigenvalue weighted by atomic mass is 10.3. The molecule has 0 spiro atoms. The first kappa shape index (κ1) is 12.9. The van der Waals surface area contributed by atoms with Gasteiger partial charge in [-0.1, -0.05) is 6.07 Å². The van der Waals surface area contributed by atoms with Crippen LogP contribution in [0, 0.1) is 0 Å². The van der Waals surface area contributed by atoms with Crippen molar-refractivity contribution in [3.63, 3.8) is 0 Å². The van der Waals surface area contributed by atoms with Gasteiger partial charge >= 0.3 is 0 Å². The van der Waals surface area contributed by atoms with E-state index < -0.39 is 0 Å². The summed E-state index contributed by atoms with van der Waals surface area (Å²) in [4.78, 5) is 6.68. The van der Waals surface area contributed by atoms with Gasteiger partial charge in [-0.15, -0.1) is 11.8 Å². The van der Waals surface area contributed by atoms with Crippen molar-refractivity contribution in [1.82, 2.24) is 15.2 Å². The van der Waals surface area contributed by atoms with Gasteiger partial charge in [-0.2, -0.15) is 0 Å². The number of nitrogens with one attached hydrogen (secondary N) is 1. The fourth-order valence-corrected chi connectivity index (χ4v) is 2.67. The second-order valence-electron chi connectivity index (χ2n) is 4.77. The number of aromatic nitrogens is 1. The highest BCUT2D eigenvalue weighted by Gasteiger charge is 2.20. The highest BCUT2D eigenvalue weighted by molar-refractivity contribution is 7.99. The highest BCUT2D eigenvalue weighted by Crippen LogP contribution is 2.23. The fourth-order valence-electron chi connectivity index (χ4n) is 1.56. The number of pyridine rings is 1. The maximum absolute atomic E-state index is 4.48. The summed E-state index contributed by atoms with van der Waals surface area (Å²) in [6.45, 7) is 2.06. The van der Waals surface area contributed by atoms with Crippen LogP contribution in [0.5, 0.6) is 0 Å². The van der Waals surface area contributed by atoms with Crippen LogP contribution in [0.1, 0.15) is 18.4 Å². The molecule has 1 aliphatic carbocycles. The van der Waals surface area contributed by atoms with E-state index in [0.29, 0.717) is 0 Å². The normalized spacial score (nSPS) is 15.5. The Kier molecular flexibility index (Phi) is 4.83. The van der Waals surface area contributed by atoms with Crippen LogP contribution >= 0.6 is 11.8 Å². The van der Waals surface area contributed by atoms with Crippen LogP contribution < -0.4 is 5.32 Å². The van der Waals surface area contributed by atoms with Crippen molar-refractivity contribution in [2.45, 2.75) is 30.5 Å². The molecule has 1 N–H and O–H groups in total. The van der Waals surface area contributed by atoms with E-state index in [1.807, 2.05) is 24.0 Å². The molecule has 1 saturated carbocycles. The third-order valence-corrected chi connectivity index (χ3v) is 3.81. The molecule has 0 aliphatic heterocycles. The van der Waals surface area contributed by atoms with Crippen molar-refractivity contribution < 1.29 is 0 Å². The monoisotopic (exact) mass is 251 g/mol. The molecule has 2 rings (SSSR count). The molecule has 17 heavy (non-hydrogen) atoms. The van der Waals surface area contributed by atoms with E-state index in [4.69, 9.17) is 0 Å². The zero-order valence-corrected chi connectivity index (χ0v) is 11.5. The first-order valence-corrected chi connectivity index (χ1v) is 7.19. The molecule has 0 radical (unpaired) electrons. The Labute approximate surface area is 108 Å². The fraction of sp³-hybridized carbons (Fsp3) is 0.615. The summed E-state index contributed by atoms with van der Waals surface area (Å²) < 4.78 is 0. The van der Waals surface area contributed by atoms with Crippen molar-refractivity contribution in [3.05, 3.63) is 23.9 Å². The predicted molar refractivity (Wildman–Crippen MR) is 73.4 cm³/mol. The molecule has 0 unspecified atom stereocenters. The van der Waals surface area contributed by atoms with Crippen LogP contribution in [0.3, 0.4) is 0 Å². The molecule has 1 fully saturated rings. The molecule has 0 amide bonds. The zero-order chi connectivity index (χ0) is 12.1. The number of hydrogen-bond donors (Lipinski definition) is 1. The summed E-state index contributed by atoms with van der Waals surface area (Å²) in [5, 5.41) is 4.73. The molecule has 4 heteroatoms. The minimum atomic E-state index is 0.759. The van der Waals surface area contributed by atoms with Gasteiger partial charge in [0.1, 0.15) is 5.03 Å². The molecule has 3 nitrogen and oxygen atoms in total. The van der Waals surface area contributed by atoms with Crippen LogP contribution in [0.2, 0.25) is 0 Å². The Bertz CT molecular complexity index is 350. The van der Waals surface area contributed by atoms with E-state index in [-0.39, 0.29) is 0 Å². The largest absolute Gasteiger partial charge is 0.310 e. The van der Waals surface area contributed by atoms with Crippen LogP contribution in [0.4, 0.5) is 0 Å². The third-order valence-electron chi connectivity index (χ3n) is 2.79. The molecule has 1 aromatic heterocycles. The first-order valence-electron chi connectivity index (χ1n) is 6.20. The quantitative estimate of drug-likeness (QED) is 0.750. The Morgan fingerprint density at radius 3 is 3.00 bits per heavy atom. The van der Waals surface area contributed by atoms with E-state index in [0.717, 1.165) is 24.9 Å². The Hall–Kier alpha value is -0.580. The SMILES string of the molecule is CN(C)CCSc1ncccc1CNC1CC1. The van der Waals surface area contributed by atoms with Gasteiger partial charge < -0.3 is 10.2 Å². The van der Waals surface area contributed by atoms with Crippen molar-refractivity contribution in [1.29, 1.82) is 0 Å². The van der Waals surface area contributed by atoms with Gasteiger partial charge in [0.2, 0.25) is 0 Å². The molecular weight excluding hydrogens is 230 g/mol. The standard InChI is InChI=1S/C13H21N3S/c1-16(2)8-9-17-13-11(4-3-7-14-13)10-15-12-5-6-12/h3-4,7,12,15H,5-6,8-10H2,1-2H3. The molecule has 1 aromatic rings. The second-order valence-corrected chi connectivity index (χ2v) is 5.86. The van der Waals surface area contributed by atoms with Gasteiger partial charge in [-0.3, -0.25) is 0 Å². The van der Waals surface area contributed by atoms with Gasteiger partial charge in [-0.05, 0) is 38.6 Å². The summed E-state index contributed by atoms with van der Waals surface area (Å²) >= 11 is 1.85. The molecule has 0 atom stereocenters. The third kappa shape index (κ3) is 4.66. The second kappa shape index (κ2) is 6.38. The van der Waals surface area contributed by atoms with Crippen LogP contribution in [-0.4, -0.2) is 42.3 Å².